The van der Waals surface area contributed by atoms with Crippen molar-refractivity contribution in [2.24, 2.45) is 0 Å². The van der Waals surface area contributed by atoms with Crippen molar-refractivity contribution in [2.45, 2.75) is 25.7 Å². The highest BCUT2D eigenvalue weighted by Crippen LogP contribution is 2.42. The molecule has 1 aromatic rings. The lowest BCUT2D eigenvalue weighted by Crippen LogP contribution is -2.27. The fourth-order valence-electron chi connectivity index (χ4n) is 2.64. The van der Waals surface area contributed by atoms with E-state index in [1.54, 1.807) is 0 Å². The number of nitro groups is 1. The van der Waals surface area contributed by atoms with Crippen LogP contribution in [0.4, 0.5) is 5.69 Å². The number of hydrogen-bond acceptors (Lipinski definition) is 8. The zero-order valence-electron chi connectivity index (χ0n) is 13.6. The van der Waals surface area contributed by atoms with Crippen LogP contribution in [0.2, 0.25) is 0 Å². The van der Waals surface area contributed by atoms with E-state index in [0.29, 0.717) is 5.56 Å². The summed E-state index contributed by atoms with van der Waals surface area (Å²) in [5.74, 6) is -2.43. The molecule has 0 aliphatic carbocycles. The molecular weight excluding hydrogens is 332 g/mol. The number of non-ortho nitro benzene ring substituents is 1. The Balaban J connectivity index is 2.48. The first-order chi connectivity index (χ1) is 11.7. The first-order valence-electron chi connectivity index (χ1n) is 7.28. The SMILES string of the molecule is COC(=O)CC(=N)CC1/C(=C(/C)O)C(=O)Oc2ccc([N+](=O)[O-])cc21. The highest BCUT2D eigenvalue weighted by molar-refractivity contribution is 6.00. The maximum absolute atomic E-state index is 12.2. The van der Waals surface area contributed by atoms with Crippen molar-refractivity contribution in [3.05, 3.63) is 45.2 Å². The quantitative estimate of drug-likeness (QED) is 0.158. The Morgan fingerprint density at radius 1 is 1.48 bits per heavy atom. The van der Waals surface area contributed by atoms with Gasteiger partial charge in [0, 0.05) is 29.3 Å². The number of benzene rings is 1. The number of rotatable bonds is 5. The first-order valence-corrected chi connectivity index (χ1v) is 7.28. The minimum absolute atomic E-state index is 0.0391. The molecule has 1 unspecified atom stereocenters. The predicted molar refractivity (Wildman–Crippen MR) is 85.8 cm³/mol. The van der Waals surface area contributed by atoms with Gasteiger partial charge in [0.05, 0.1) is 24.0 Å². The van der Waals surface area contributed by atoms with Crippen molar-refractivity contribution < 1.29 is 29.1 Å². The molecule has 1 heterocycles. The van der Waals surface area contributed by atoms with Gasteiger partial charge in [-0.3, -0.25) is 14.9 Å². The van der Waals surface area contributed by atoms with Crippen molar-refractivity contribution >= 4 is 23.3 Å². The van der Waals surface area contributed by atoms with Gasteiger partial charge in [0.25, 0.3) is 5.69 Å². The average molecular weight is 348 g/mol. The number of methoxy groups -OCH3 is 1. The lowest BCUT2D eigenvalue weighted by molar-refractivity contribution is -0.385. The van der Waals surface area contributed by atoms with Crippen LogP contribution in [-0.2, 0) is 14.3 Å². The van der Waals surface area contributed by atoms with E-state index >= 15 is 0 Å². The second kappa shape index (κ2) is 7.12. The largest absolute Gasteiger partial charge is 0.512 e. The van der Waals surface area contributed by atoms with Crippen LogP contribution in [0.5, 0.6) is 5.75 Å². The molecule has 0 fully saturated rings. The van der Waals surface area contributed by atoms with Gasteiger partial charge in [0.2, 0.25) is 0 Å². The number of hydrogen-bond donors (Lipinski definition) is 2. The van der Waals surface area contributed by atoms with Crippen molar-refractivity contribution in [3.8, 4) is 5.75 Å². The first kappa shape index (κ1) is 18.1. The predicted octanol–water partition coefficient (Wildman–Crippen LogP) is 2.40. The number of esters is 2. The van der Waals surface area contributed by atoms with Gasteiger partial charge in [-0.15, -0.1) is 0 Å². The number of aliphatic hydroxyl groups excluding tert-OH is 1. The van der Waals surface area contributed by atoms with Crippen molar-refractivity contribution in [2.75, 3.05) is 7.11 Å². The second-order valence-corrected chi connectivity index (χ2v) is 5.48. The van der Waals surface area contributed by atoms with E-state index < -0.39 is 22.8 Å². The Morgan fingerprint density at radius 3 is 2.72 bits per heavy atom. The van der Waals surface area contributed by atoms with Gasteiger partial charge in [-0.05, 0) is 19.4 Å². The van der Waals surface area contributed by atoms with Crippen molar-refractivity contribution in [1.29, 1.82) is 5.41 Å². The van der Waals surface area contributed by atoms with Crippen LogP contribution >= 0.6 is 0 Å². The highest BCUT2D eigenvalue weighted by atomic mass is 16.6. The summed E-state index contributed by atoms with van der Waals surface area (Å²) < 4.78 is 9.62. The number of carbonyl (C=O) groups is 2. The lowest BCUT2D eigenvalue weighted by Gasteiger charge is -2.27. The molecule has 1 atom stereocenters. The van der Waals surface area contributed by atoms with Gasteiger partial charge in [-0.25, -0.2) is 4.79 Å². The van der Waals surface area contributed by atoms with Crippen molar-refractivity contribution in [3.63, 3.8) is 0 Å². The van der Waals surface area contributed by atoms with Gasteiger partial charge in [-0.2, -0.15) is 0 Å². The highest BCUT2D eigenvalue weighted by Gasteiger charge is 2.36. The van der Waals surface area contributed by atoms with Crippen LogP contribution in [0.15, 0.2) is 29.5 Å². The third-order valence-corrected chi connectivity index (χ3v) is 3.78. The van der Waals surface area contributed by atoms with Crippen LogP contribution in [-0.4, -0.2) is 34.8 Å². The summed E-state index contributed by atoms with van der Waals surface area (Å²) in [6.07, 6.45) is -0.379. The zero-order valence-corrected chi connectivity index (χ0v) is 13.6. The van der Waals surface area contributed by atoms with Crippen molar-refractivity contribution in [1.82, 2.24) is 0 Å². The Hall–Kier alpha value is -3.23. The number of nitrogens with one attached hydrogen (secondary N) is 1. The standard InChI is InChI=1S/C16H16N2O7/c1-8(19)15-12(5-9(17)6-14(20)24-2)11-7-10(18(22)23)3-4-13(11)25-16(15)21/h3-4,7,12,17,19H,5-6H2,1-2H3/b15-8+,17-9?. The van der Waals surface area contributed by atoms with Gasteiger partial charge >= 0.3 is 11.9 Å². The molecule has 132 valence electrons. The maximum atomic E-state index is 12.2. The number of carbonyl (C=O) groups excluding carboxylic acids is 2. The van der Waals surface area contributed by atoms with Gasteiger partial charge in [0.1, 0.15) is 11.5 Å². The number of aliphatic hydroxyl groups is 1. The van der Waals surface area contributed by atoms with Gasteiger partial charge < -0.3 is 20.0 Å². The summed E-state index contributed by atoms with van der Waals surface area (Å²) in [7, 11) is 1.19. The molecule has 9 heteroatoms. The molecule has 0 saturated carbocycles. The second-order valence-electron chi connectivity index (χ2n) is 5.48. The van der Waals surface area contributed by atoms with Crippen LogP contribution in [0, 0.1) is 15.5 Å². The summed E-state index contributed by atoms with van der Waals surface area (Å²) in [6.45, 7) is 1.29. The van der Waals surface area contributed by atoms with Gasteiger partial charge in [0.15, 0.2) is 0 Å². The number of nitrogens with zero attached hydrogens (tertiary/aromatic N) is 1. The van der Waals surface area contributed by atoms with Crippen LogP contribution in [0.3, 0.4) is 0 Å². The fourth-order valence-corrected chi connectivity index (χ4v) is 2.64. The van der Waals surface area contributed by atoms with E-state index in [1.165, 1.54) is 32.2 Å². The molecule has 0 aromatic heterocycles. The van der Waals surface area contributed by atoms with E-state index in [0.717, 1.165) is 0 Å². The molecule has 0 amide bonds. The summed E-state index contributed by atoms with van der Waals surface area (Å²) in [6, 6.07) is 3.73. The number of allylic oxidation sites excluding steroid dienone is 1. The Bertz CT molecular complexity index is 794. The van der Waals surface area contributed by atoms with E-state index in [1.807, 2.05) is 0 Å². The molecular formula is C16H16N2O7. The molecule has 9 nitrogen and oxygen atoms in total. The summed E-state index contributed by atoms with van der Waals surface area (Å²) >= 11 is 0. The summed E-state index contributed by atoms with van der Waals surface area (Å²) in [4.78, 5) is 33.9. The smallest absolute Gasteiger partial charge is 0.343 e. The van der Waals surface area contributed by atoms with E-state index in [-0.39, 0.29) is 41.3 Å². The molecule has 0 saturated heterocycles. The topological polar surface area (TPSA) is 140 Å². The van der Waals surface area contributed by atoms with Crippen LogP contribution < -0.4 is 4.74 Å². The maximum Gasteiger partial charge on any atom is 0.343 e. The molecule has 1 aliphatic rings. The molecule has 0 spiro atoms. The van der Waals surface area contributed by atoms with E-state index in [9.17, 15) is 24.8 Å². The molecule has 1 aliphatic heterocycles. The molecule has 1 aromatic carbocycles. The van der Waals surface area contributed by atoms with Crippen LogP contribution in [0.25, 0.3) is 0 Å². The molecule has 25 heavy (non-hydrogen) atoms. The third-order valence-electron chi connectivity index (χ3n) is 3.78. The minimum Gasteiger partial charge on any atom is -0.512 e. The van der Waals surface area contributed by atoms with Gasteiger partial charge in [-0.1, -0.05) is 0 Å². The summed E-state index contributed by atoms with van der Waals surface area (Å²) in [5, 5.41) is 28.8. The Labute approximate surface area is 142 Å². The summed E-state index contributed by atoms with van der Waals surface area (Å²) in [5.41, 5.74) is -0.0478. The minimum atomic E-state index is -0.835. The fraction of sp³-hybridized carbons (Fsp3) is 0.312. The van der Waals surface area contributed by atoms with E-state index in [2.05, 4.69) is 4.74 Å². The molecule has 0 radical (unpaired) electrons. The Morgan fingerprint density at radius 2 is 2.16 bits per heavy atom. The normalized spacial score (nSPS) is 18.0. The molecule has 2 N–H and O–H groups in total. The number of fused-ring (bicyclic) bond motifs is 1. The molecule has 2 rings (SSSR count). The average Bonchev–Trinajstić information content (AvgIpc) is 2.53. The zero-order chi connectivity index (χ0) is 18.7. The Kier molecular flexibility index (Phi) is 5.16. The third kappa shape index (κ3) is 3.82. The van der Waals surface area contributed by atoms with E-state index in [4.69, 9.17) is 10.1 Å². The van der Waals surface area contributed by atoms with Crippen LogP contribution in [0.1, 0.15) is 31.2 Å². The molecule has 0 bridgehead atoms. The lowest BCUT2D eigenvalue weighted by atomic mass is 9.83. The number of nitro benzene ring substituents is 1. The number of ether oxygens (including phenoxy) is 2. The monoisotopic (exact) mass is 348 g/mol.